The van der Waals surface area contributed by atoms with Crippen LogP contribution in [0.1, 0.15) is 15.9 Å². The molecule has 41 heavy (non-hydrogen) atoms. The molecule has 0 bridgehead atoms. The first-order valence-corrected chi connectivity index (χ1v) is 12.3. The fraction of sp³-hybridized carbons (Fsp3) is 0.100. The van der Waals surface area contributed by atoms with Crippen LogP contribution >= 0.6 is 0 Å². The maximum atomic E-state index is 14.1. The van der Waals surface area contributed by atoms with Crippen LogP contribution in [0.15, 0.2) is 83.9 Å². The van der Waals surface area contributed by atoms with E-state index in [-0.39, 0.29) is 17.7 Å². The van der Waals surface area contributed by atoms with Crippen LogP contribution in [0.25, 0.3) is 33.2 Å². The normalized spacial score (nSPS) is 11.8. The Balaban J connectivity index is 1.59. The van der Waals surface area contributed by atoms with Gasteiger partial charge in [-0.3, -0.25) is 14.6 Å². The molecule has 0 radical (unpaired) electrons. The number of carboxylic acids is 1. The van der Waals surface area contributed by atoms with Crippen molar-refractivity contribution in [3.8, 4) is 22.4 Å². The number of carbonyl (C=O) groups excluding carboxylic acids is 1. The van der Waals surface area contributed by atoms with E-state index < -0.39 is 46.5 Å². The second-order valence-electron chi connectivity index (χ2n) is 9.21. The van der Waals surface area contributed by atoms with Crippen LogP contribution in [0.5, 0.6) is 0 Å². The molecule has 1 amide bonds. The van der Waals surface area contributed by atoms with Gasteiger partial charge in [-0.05, 0) is 46.8 Å². The standard InChI is InChI=1S/C30H21F3N4O4/c1-37-29(39)25(21(15-35-37)16-8-10-18(31)11-9-16)27-20-5-2-4-17(19(20)12-13-34-27)14-24(30(40)41)36-28(38)26-22(32)6-3-7-23(26)33/h2-13,15,24H,14H2,1H3,(H,36,38)(H,40,41)/t24-/m0/s1. The summed E-state index contributed by atoms with van der Waals surface area (Å²) in [5.41, 5.74) is 0.578. The number of nitrogens with one attached hydrogen (secondary N) is 1. The van der Waals surface area contributed by atoms with Gasteiger partial charge in [0.15, 0.2) is 0 Å². The van der Waals surface area contributed by atoms with E-state index in [4.69, 9.17) is 0 Å². The van der Waals surface area contributed by atoms with E-state index >= 15 is 0 Å². The number of nitrogens with zero attached hydrogens (tertiary/aromatic N) is 3. The maximum absolute atomic E-state index is 14.1. The van der Waals surface area contributed by atoms with E-state index in [0.29, 0.717) is 27.5 Å². The summed E-state index contributed by atoms with van der Waals surface area (Å²) in [4.78, 5) is 42.5. The molecule has 3 aromatic carbocycles. The van der Waals surface area contributed by atoms with E-state index in [1.807, 2.05) is 0 Å². The van der Waals surface area contributed by atoms with Crippen molar-refractivity contribution in [2.45, 2.75) is 12.5 Å². The molecule has 0 saturated carbocycles. The molecule has 1 atom stereocenters. The molecule has 5 rings (SSSR count). The number of halogens is 3. The number of rotatable bonds is 7. The zero-order valence-electron chi connectivity index (χ0n) is 21.4. The van der Waals surface area contributed by atoms with Crippen molar-refractivity contribution >= 4 is 22.6 Å². The first-order valence-electron chi connectivity index (χ1n) is 12.3. The molecular weight excluding hydrogens is 537 g/mol. The number of hydrogen-bond acceptors (Lipinski definition) is 5. The summed E-state index contributed by atoms with van der Waals surface area (Å²) in [7, 11) is 1.48. The molecule has 0 aliphatic heterocycles. The molecule has 2 aromatic heterocycles. The number of pyridine rings is 1. The molecule has 0 unspecified atom stereocenters. The Morgan fingerprint density at radius 1 is 0.951 bits per heavy atom. The van der Waals surface area contributed by atoms with E-state index in [2.05, 4.69) is 15.4 Å². The highest BCUT2D eigenvalue weighted by Gasteiger charge is 2.26. The summed E-state index contributed by atoms with van der Waals surface area (Å²) in [6.45, 7) is 0. The first-order chi connectivity index (χ1) is 19.7. The quantitative estimate of drug-likeness (QED) is 0.304. The van der Waals surface area contributed by atoms with Crippen LogP contribution in [0, 0.1) is 17.5 Å². The first kappa shape index (κ1) is 27.3. The molecular formula is C30H21F3N4O4. The van der Waals surface area contributed by atoms with Crippen LogP contribution in [0.4, 0.5) is 13.2 Å². The summed E-state index contributed by atoms with van der Waals surface area (Å²) in [6, 6.07) is 13.5. The van der Waals surface area contributed by atoms with Gasteiger partial charge in [-0.2, -0.15) is 5.10 Å². The Labute approximate surface area is 230 Å². The Morgan fingerprint density at radius 2 is 1.63 bits per heavy atom. The molecule has 0 saturated heterocycles. The van der Waals surface area contributed by atoms with Gasteiger partial charge >= 0.3 is 5.97 Å². The third-order valence-corrected chi connectivity index (χ3v) is 6.64. The highest BCUT2D eigenvalue weighted by Crippen LogP contribution is 2.33. The van der Waals surface area contributed by atoms with Crippen molar-refractivity contribution in [2.24, 2.45) is 7.05 Å². The van der Waals surface area contributed by atoms with E-state index in [1.54, 1.807) is 24.3 Å². The van der Waals surface area contributed by atoms with Gasteiger partial charge in [0.1, 0.15) is 29.1 Å². The van der Waals surface area contributed by atoms with Crippen molar-refractivity contribution < 1.29 is 27.9 Å². The number of carboxylic acid groups (broad SMARTS) is 1. The molecule has 206 valence electrons. The fourth-order valence-electron chi connectivity index (χ4n) is 4.63. The minimum atomic E-state index is -1.53. The van der Waals surface area contributed by atoms with Gasteiger partial charge in [0, 0.05) is 30.6 Å². The number of aliphatic carboxylic acids is 1. The number of hydrogen-bond donors (Lipinski definition) is 2. The number of aryl methyl sites for hydroxylation is 1. The second-order valence-corrected chi connectivity index (χ2v) is 9.21. The lowest BCUT2D eigenvalue weighted by Crippen LogP contribution is -2.43. The Bertz CT molecular complexity index is 1850. The van der Waals surface area contributed by atoms with Crippen LogP contribution in [-0.4, -0.2) is 37.8 Å². The van der Waals surface area contributed by atoms with Crippen LogP contribution in [0.2, 0.25) is 0 Å². The molecule has 2 heterocycles. The molecule has 0 spiro atoms. The molecule has 5 aromatic rings. The van der Waals surface area contributed by atoms with Crippen molar-refractivity contribution in [1.29, 1.82) is 0 Å². The summed E-state index contributed by atoms with van der Waals surface area (Å²) >= 11 is 0. The smallest absolute Gasteiger partial charge is 0.326 e. The van der Waals surface area contributed by atoms with Crippen LogP contribution in [0.3, 0.4) is 0 Å². The molecule has 8 nitrogen and oxygen atoms in total. The lowest BCUT2D eigenvalue weighted by Gasteiger charge is -2.17. The van der Waals surface area contributed by atoms with Crippen molar-refractivity contribution in [1.82, 2.24) is 20.1 Å². The van der Waals surface area contributed by atoms with E-state index in [1.165, 1.54) is 43.7 Å². The number of aromatic nitrogens is 3. The highest BCUT2D eigenvalue weighted by molar-refractivity contribution is 6.00. The minimum absolute atomic E-state index is 0.204. The number of fused-ring (bicyclic) bond motifs is 1. The summed E-state index contributed by atoms with van der Waals surface area (Å²) in [6.07, 6.45) is 2.70. The van der Waals surface area contributed by atoms with Gasteiger partial charge in [-0.15, -0.1) is 0 Å². The number of amides is 1. The van der Waals surface area contributed by atoms with E-state index in [0.717, 1.165) is 22.9 Å². The zero-order valence-corrected chi connectivity index (χ0v) is 21.4. The maximum Gasteiger partial charge on any atom is 0.326 e. The van der Waals surface area contributed by atoms with Gasteiger partial charge in [-0.25, -0.2) is 22.6 Å². The van der Waals surface area contributed by atoms with Crippen molar-refractivity contribution in [3.63, 3.8) is 0 Å². The van der Waals surface area contributed by atoms with Gasteiger partial charge in [0.2, 0.25) is 0 Å². The number of benzene rings is 3. The molecule has 11 heteroatoms. The van der Waals surface area contributed by atoms with Gasteiger partial charge in [0.05, 0.1) is 17.5 Å². The Morgan fingerprint density at radius 3 is 2.32 bits per heavy atom. The molecule has 0 aliphatic rings. The van der Waals surface area contributed by atoms with Gasteiger partial charge in [0.25, 0.3) is 11.5 Å². The summed E-state index contributed by atoms with van der Waals surface area (Å²) in [5, 5.41) is 17.2. The molecule has 0 aliphatic carbocycles. The largest absolute Gasteiger partial charge is 0.480 e. The van der Waals surface area contributed by atoms with Gasteiger partial charge in [-0.1, -0.05) is 36.4 Å². The summed E-state index contributed by atoms with van der Waals surface area (Å²) < 4.78 is 43.0. The molecule has 2 N–H and O–H groups in total. The van der Waals surface area contributed by atoms with Crippen molar-refractivity contribution in [3.05, 3.63) is 118 Å². The zero-order chi connectivity index (χ0) is 29.3. The van der Waals surface area contributed by atoms with Crippen molar-refractivity contribution in [2.75, 3.05) is 0 Å². The lowest BCUT2D eigenvalue weighted by atomic mass is 9.94. The summed E-state index contributed by atoms with van der Waals surface area (Å²) in [5.74, 6) is -5.31. The lowest BCUT2D eigenvalue weighted by molar-refractivity contribution is -0.139. The fourth-order valence-corrected chi connectivity index (χ4v) is 4.63. The third-order valence-electron chi connectivity index (χ3n) is 6.64. The molecule has 0 fully saturated rings. The van der Waals surface area contributed by atoms with Gasteiger partial charge < -0.3 is 10.4 Å². The van der Waals surface area contributed by atoms with E-state index in [9.17, 15) is 32.7 Å². The number of carbonyl (C=O) groups is 2. The average molecular weight is 559 g/mol. The average Bonchev–Trinajstić information content (AvgIpc) is 2.94. The predicted octanol–water partition coefficient (Wildman–Crippen LogP) is 4.51. The highest BCUT2D eigenvalue weighted by atomic mass is 19.1. The topological polar surface area (TPSA) is 114 Å². The second kappa shape index (κ2) is 11.0. The predicted molar refractivity (Wildman–Crippen MR) is 145 cm³/mol. The Kier molecular flexibility index (Phi) is 7.34. The monoisotopic (exact) mass is 558 g/mol. The SMILES string of the molecule is Cn1ncc(-c2ccc(F)cc2)c(-c2nccc3c(C[C@H](NC(=O)c4c(F)cccc4F)C(=O)O)cccc23)c1=O. The third kappa shape index (κ3) is 5.29. The minimum Gasteiger partial charge on any atom is -0.480 e. The van der Waals surface area contributed by atoms with Crippen LogP contribution < -0.4 is 10.9 Å². The van der Waals surface area contributed by atoms with Crippen LogP contribution in [-0.2, 0) is 18.3 Å². The Hall–Kier alpha value is -5.32.